The third kappa shape index (κ3) is 34.2. The van der Waals surface area contributed by atoms with Gasteiger partial charge in [-0.25, -0.2) is 23.4 Å². The molecule has 0 fully saturated rings. The van der Waals surface area contributed by atoms with Crippen molar-refractivity contribution in [2.24, 2.45) is 17.8 Å². The van der Waals surface area contributed by atoms with Gasteiger partial charge >= 0.3 is 6.18 Å². The van der Waals surface area contributed by atoms with Gasteiger partial charge < -0.3 is 14.6 Å². The highest BCUT2D eigenvalue weighted by Gasteiger charge is 2.34. The summed E-state index contributed by atoms with van der Waals surface area (Å²) in [6.07, 6.45) is 18.2. The van der Waals surface area contributed by atoms with Gasteiger partial charge in [-0.15, -0.1) is 35.7 Å². The lowest BCUT2D eigenvalue weighted by Crippen LogP contribution is -2.13. The van der Waals surface area contributed by atoms with E-state index >= 15 is 0 Å². The fourth-order valence-corrected chi connectivity index (χ4v) is 16.2. The second-order valence-corrected chi connectivity index (χ2v) is 37.6. The number of nitrogens with zero attached hydrogens (tertiary/aromatic N) is 19. The molecule has 32 heteroatoms. The molecule has 16 rings (SSSR count). The van der Waals surface area contributed by atoms with E-state index < -0.39 is 17.8 Å². The van der Waals surface area contributed by atoms with Crippen LogP contribution in [0.2, 0.25) is 5.15 Å². The molecule has 1 N–H and O–H groups in total. The number of methoxy groups -OCH3 is 1. The number of halogens is 5. The van der Waals surface area contributed by atoms with Crippen LogP contribution < -0.4 is 4.74 Å². The van der Waals surface area contributed by atoms with E-state index in [1.165, 1.54) is 24.3 Å². The average Bonchev–Trinajstić information content (AvgIpc) is 1.23. The molecule has 0 spiro atoms. The first kappa shape index (κ1) is 110. The molecule has 0 radical (unpaired) electrons. The van der Waals surface area contributed by atoms with Crippen LogP contribution in [0.5, 0.6) is 5.75 Å². The van der Waals surface area contributed by atoms with Crippen molar-refractivity contribution in [3.8, 4) is 45.6 Å². The molecular weight excluding hydrogens is 1870 g/mol. The monoisotopic (exact) mass is 2000 g/mol. The molecule has 0 aliphatic carbocycles. The molecule has 0 bridgehead atoms. The molecular formula is C114H126ClF4N19O8. The van der Waals surface area contributed by atoms with E-state index in [1.807, 2.05) is 179 Å². The Hall–Kier alpha value is -14.8. The fourth-order valence-electron chi connectivity index (χ4n) is 15.9. The highest BCUT2D eigenvalue weighted by molar-refractivity contribution is 6.34. The van der Waals surface area contributed by atoms with Crippen molar-refractivity contribution in [3.05, 3.63) is 356 Å². The summed E-state index contributed by atoms with van der Waals surface area (Å²) in [5, 5.41) is 62.8. The Balaban J connectivity index is 0.000000163. The maximum absolute atomic E-state index is 13.6. The van der Waals surface area contributed by atoms with Gasteiger partial charge in [0.05, 0.1) is 65.7 Å². The van der Waals surface area contributed by atoms with Crippen molar-refractivity contribution in [3.63, 3.8) is 0 Å². The standard InChI is InChI=1S/C25H25ClN4O.C25H31N3O3.C24H26F3N3O2.C20H21FN4O.C20H23N5O/c1-17(2)7-10-20-16-30(29-28-20)21-11-8-18(9-12-21)13-22(31)14-19-15-27-25(26)24-6-4-3-5-23(19)24;1-18(2)5-9-22-16-28(27-26-22)23-10-7-20(8-11-23)13-24(29)14-21-15-25(31-17-30-4)12-6-19(21)3;1-3-6-16(2)23(32)22-15-30(29-28-22)19-11-9-17(10-12-19)13-20(31)14-18-7-4-5-8-21(18)24(25,26)27;1-2-3-12-25-23-20(22-24-25)16-10-8-15(9-11-16)13-18(26)14-17-6-4-5-7-19(17)21;1-3-4-11-25-23-20(22-24-25)17-7-5-16(6-8-17)12-19(26)13-18-14-21-10-9-15(18)2/h3-6,8-9,11-12,15-17H,7,10,13-14H2,1-2H3;6-8,10-12,15-16,18H,5,9,13-14,17H2,1-4H3;4-5,7-12,15-16,23,32H,3,6,13-14H2,1-2H3;4-11H,2-3,12-14H2,1H3;5-10,14H,3-4,11-13H2,1-2H3. The summed E-state index contributed by atoms with van der Waals surface area (Å²) in [4.78, 5) is 73.8. The third-order valence-electron chi connectivity index (χ3n) is 24.4. The second-order valence-electron chi connectivity index (χ2n) is 37.3. The number of Topliss-reactive ketones (excluding diaryl/α,β-unsaturated/α-hetero) is 5. The molecule has 7 aromatic heterocycles. The van der Waals surface area contributed by atoms with Crippen molar-refractivity contribution in [1.82, 2.24) is 95.4 Å². The van der Waals surface area contributed by atoms with Gasteiger partial charge in [0, 0.05) is 106 Å². The molecule has 2 atom stereocenters. The van der Waals surface area contributed by atoms with Gasteiger partial charge in [-0.3, -0.25) is 29.0 Å². The van der Waals surface area contributed by atoms with Crippen LogP contribution in [0.25, 0.3) is 50.6 Å². The van der Waals surface area contributed by atoms with E-state index in [-0.39, 0.29) is 78.7 Å². The van der Waals surface area contributed by atoms with Crippen molar-refractivity contribution in [1.29, 1.82) is 0 Å². The van der Waals surface area contributed by atoms with Gasteiger partial charge in [0.25, 0.3) is 0 Å². The zero-order valence-corrected chi connectivity index (χ0v) is 85.3. The number of rotatable bonds is 44. The largest absolute Gasteiger partial charge is 0.468 e. The van der Waals surface area contributed by atoms with E-state index in [1.54, 1.807) is 98.0 Å². The molecule has 2 unspecified atom stereocenters. The smallest absolute Gasteiger partial charge is 0.416 e. The number of aromatic nitrogens is 19. The first-order valence-electron chi connectivity index (χ1n) is 49.5. The summed E-state index contributed by atoms with van der Waals surface area (Å²) in [5.74, 6) is 3.07. The van der Waals surface area contributed by atoms with Crippen molar-refractivity contribution >= 4 is 51.3 Å². The third-order valence-corrected chi connectivity index (χ3v) is 24.7. The number of fused-ring (bicyclic) bond motifs is 1. The molecule has 760 valence electrons. The zero-order valence-electron chi connectivity index (χ0n) is 84.5. The van der Waals surface area contributed by atoms with Gasteiger partial charge in [0.2, 0.25) is 11.6 Å². The number of benzene rings is 9. The number of aliphatic hydroxyl groups is 1. The lowest BCUT2D eigenvalue weighted by Gasteiger charge is -2.15. The van der Waals surface area contributed by atoms with Crippen LogP contribution in [0.1, 0.15) is 202 Å². The van der Waals surface area contributed by atoms with Crippen LogP contribution in [0.3, 0.4) is 0 Å². The fraction of sp³-hybridized carbons (Fsp3) is 0.342. The molecule has 27 nitrogen and oxygen atoms in total. The number of tetrazole rings is 2. The van der Waals surface area contributed by atoms with Gasteiger partial charge in [0.15, 0.2) is 6.79 Å². The Bertz CT molecular complexity index is 6740. The minimum atomic E-state index is -4.49. The molecule has 0 aliphatic heterocycles. The molecule has 0 amide bonds. The van der Waals surface area contributed by atoms with Crippen LogP contribution in [0.4, 0.5) is 17.6 Å². The first-order valence-corrected chi connectivity index (χ1v) is 49.9. The number of ketones is 5. The highest BCUT2D eigenvalue weighted by Crippen LogP contribution is 2.34. The van der Waals surface area contributed by atoms with Crippen molar-refractivity contribution < 1.29 is 56.1 Å². The van der Waals surface area contributed by atoms with Gasteiger partial charge in [0.1, 0.15) is 57.4 Å². The molecule has 146 heavy (non-hydrogen) atoms. The number of ether oxygens (including phenoxy) is 2. The number of pyridine rings is 2. The number of aryl methyl sites for hydroxylation is 6. The van der Waals surface area contributed by atoms with Crippen LogP contribution in [-0.2, 0) is 125 Å². The maximum Gasteiger partial charge on any atom is 0.416 e. The topological polar surface area (TPSA) is 329 Å². The van der Waals surface area contributed by atoms with E-state index in [0.717, 1.165) is 178 Å². The van der Waals surface area contributed by atoms with Gasteiger partial charge in [-0.1, -0.05) is 254 Å². The van der Waals surface area contributed by atoms with Crippen LogP contribution >= 0.6 is 11.6 Å². The molecule has 9 aromatic carbocycles. The van der Waals surface area contributed by atoms with Gasteiger partial charge in [-0.05, 0) is 226 Å². The number of hydrogen-bond acceptors (Lipinski definition) is 22. The summed E-state index contributed by atoms with van der Waals surface area (Å²) in [6.45, 7) is 22.8. The van der Waals surface area contributed by atoms with Crippen LogP contribution in [-0.4, -0.2) is 143 Å². The number of carbonyl (C=O) groups excluding carboxylic acids is 5. The van der Waals surface area contributed by atoms with E-state index in [9.17, 15) is 46.6 Å². The van der Waals surface area contributed by atoms with Crippen LogP contribution in [0, 0.1) is 37.4 Å². The molecule has 7 heterocycles. The first-order chi connectivity index (χ1) is 70.4. The molecule has 16 aromatic rings. The van der Waals surface area contributed by atoms with Crippen LogP contribution in [0.15, 0.2) is 256 Å². The summed E-state index contributed by atoms with van der Waals surface area (Å²) < 4.78 is 68.6. The van der Waals surface area contributed by atoms with E-state index in [0.29, 0.717) is 95.4 Å². The number of unbranched alkanes of at least 4 members (excludes halogenated alkanes) is 2. The maximum atomic E-state index is 13.6. The summed E-state index contributed by atoms with van der Waals surface area (Å²) >= 11 is 6.19. The zero-order chi connectivity index (χ0) is 104. The van der Waals surface area contributed by atoms with Crippen molar-refractivity contribution in [2.45, 2.75) is 223 Å². The lowest BCUT2D eigenvalue weighted by molar-refractivity contribution is -0.138. The van der Waals surface area contributed by atoms with Gasteiger partial charge in [-0.2, -0.15) is 22.8 Å². The predicted octanol–water partition coefficient (Wildman–Crippen LogP) is 21.9. The predicted molar refractivity (Wildman–Crippen MR) is 555 cm³/mol. The number of aliphatic hydroxyl groups excluding tert-OH is 1. The summed E-state index contributed by atoms with van der Waals surface area (Å²) in [7, 11) is 1.58. The minimum Gasteiger partial charge on any atom is -0.468 e. The average molecular weight is 2000 g/mol. The second kappa shape index (κ2) is 55.3. The Morgan fingerprint density at radius 2 is 0.856 bits per heavy atom. The minimum absolute atomic E-state index is 0.0207. The SMILES string of the molecule is CC(C)CCc1cn(-c2ccc(CC(=O)Cc3cnc(Cl)c4ccccc34)cc2)nn1.CCCC(C)C(O)c1cn(-c2ccc(CC(=O)Cc3ccccc3C(F)(F)F)cc2)nn1.CCCCn1nnc(-c2ccc(CC(=O)Cc3ccccc3F)cc2)n1.CCCCn1nnc(-c2ccc(CC(=O)Cc3cnccc3C)cc2)n1.COCOc1ccc(C)c(CC(=O)Cc2ccc(-n3cc(CCC(C)C)nn3)cc2)c1. The Labute approximate surface area is 854 Å². The lowest BCUT2D eigenvalue weighted by atomic mass is 9.97. The van der Waals surface area contributed by atoms with E-state index in [4.69, 9.17) is 21.1 Å². The molecule has 0 saturated heterocycles. The highest BCUT2D eigenvalue weighted by atomic mass is 35.5. The van der Waals surface area contributed by atoms with E-state index in [2.05, 4.69) is 120 Å². The van der Waals surface area contributed by atoms with Crippen molar-refractivity contribution in [2.75, 3.05) is 13.9 Å². The summed E-state index contributed by atoms with van der Waals surface area (Å²) in [5.41, 5.74) is 16.0. The number of carbonyl (C=O) groups is 5. The molecule has 0 saturated carbocycles. The Kier molecular flexibility index (Phi) is 41.7. The number of hydrogen-bond donors (Lipinski definition) is 1. The Morgan fingerprint density at radius 1 is 0.432 bits per heavy atom. The number of alkyl halides is 3. The molecule has 0 aliphatic rings. The summed E-state index contributed by atoms with van der Waals surface area (Å²) in [6, 6.07) is 65.1. The Morgan fingerprint density at radius 3 is 1.32 bits per heavy atom. The normalized spacial score (nSPS) is 11.6. The quantitative estimate of drug-likeness (QED) is 0.0211.